The Morgan fingerprint density at radius 2 is 2.13 bits per heavy atom. The average Bonchev–Trinajstić information content (AvgIpc) is 2.95. The normalized spacial score (nSPS) is 19.3. The minimum Gasteiger partial charge on any atom is -0.480 e. The van der Waals surface area contributed by atoms with Gasteiger partial charge in [-0.25, -0.2) is 0 Å². The molecule has 0 heterocycles. The summed E-state index contributed by atoms with van der Waals surface area (Å²) in [6.45, 7) is 3.96. The molecule has 0 spiro atoms. The highest BCUT2D eigenvalue weighted by atomic mass is 32.2. The third-order valence-corrected chi connectivity index (χ3v) is 3.69. The second-order valence-corrected chi connectivity index (χ2v) is 5.24. The monoisotopic (exact) mass is 231 g/mol. The van der Waals surface area contributed by atoms with Gasteiger partial charge in [0.15, 0.2) is 0 Å². The van der Waals surface area contributed by atoms with E-state index in [1.807, 2.05) is 6.92 Å². The predicted octanol–water partition coefficient (Wildman–Crippen LogP) is 1.11. The molecule has 1 unspecified atom stereocenters. The number of thioether (sulfide) groups is 1. The molecule has 1 atom stereocenters. The number of carbonyl (C=O) groups excluding carboxylic acids is 1. The number of rotatable bonds is 6. The van der Waals surface area contributed by atoms with Crippen LogP contribution in [0.3, 0.4) is 0 Å². The van der Waals surface area contributed by atoms with Crippen LogP contribution < -0.4 is 5.32 Å². The molecule has 86 valence electrons. The van der Waals surface area contributed by atoms with Gasteiger partial charge in [-0.05, 0) is 25.5 Å². The van der Waals surface area contributed by atoms with Gasteiger partial charge in [0, 0.05) is 11.8 Å². The maximum Gasteiger partial charge on any atom is 0.319 e. The molecule has 0 aliphatic heterocycles. The maximum absolute atomic E-state index is 11.6. The first kappa shape index (κ1) is 12.4. The Morgan fingerprint density at radius 1 is 1.53 bits per heavy atom. The minimum atomic E-state index is -1.11. The van der Waals surface area contributed by atoms with Crippen molar-refractivity contribution in [3.63, 3.8) is 0 Å². The number of hydrogen-bond donors (Lipinski definition) is 2. The molecule has 0 aromatic heterocycles. The highest BCUT2D eigenvalue weighted by molar-refractivity contribution is 7.99. The molecule has 2 N–H and O–H groups in total. The van der Waals surface area contributed by atoms with E-state index < -0.39 is 11.4 Å². The van der Waals surface area contributed by atoms with Crippen LogP contribution in [0.5, 0.6) is 0 Å². The summed E-state index contributed by atoms with van der Waals surface area (Å²) in [7, 11) is 0. The molecule has 0 bridgehead atoms. The third kappa shape index (κ3) is 2.87. The highest BCUT2D eigenvalue weighted by Gasteiger charge is 2.57. The van der Waals surface area contributed by atoms with Crippen LogP contribution >= 0.6 is 11.8 Å². The lowest BCUT2D eigenvalue weighted by atomic mass is 10.1. The van der Waals surface area contributed by atoms with Gasteiger partial charge >= 0.3 is 5.97 Å². The summed E-state index contributed by atoms with van der Waals surface area (Å²) in [5, 5.41) is 11.7. The second kappa shape index (κ2) is 4.88. The first-order chi connectivity index (χ1) is 7.03. The van der Waals surface area contributed by atoms with Gasteiger partial charge in [0.25, 0.3) is 0 Å². The number of nitrogens with one attached hydrogen (secondary N) is 1. The standard InChI is InChI=1S/C10H17NO3S/c1-3-15-6-7(2)11-8(12)10(4-5-10)9(13)14/h7H,3-6H2,1-2H3,(H,11,12)(H,13,14). The number of carboxylic acid groups (broad SMARTS) is 1. The van der Waals surface area contributed by atoms with Crippen molar-refractivity contribution in [2.45, 2.75) is 32.7 Å². The van der Waals surface area contributed by atoms with E-state index >= 15 is 0 Å². The Balaban J connectivity index is 2.39. The number of aliphatic carboxylic acids is 1. The third-order valence-electron chi connectivity index (χ3n) is 2.54. The van der Waals surface area contributed by atoms with Gasteiger partial charge in [0.2, 0.25) is 5.91 Å². The zero-order chi connectivity index (χ0) is 11.5. The van der Waals surface area contributed by atoms with E-state index in [1.165, 1.54) is 0 Å². The number of carbonyl (C=O) groups is 2. The van der Waals surface area contributed by atoms with E-state index in [0.717, 1.165) is 11.5 Å². The number of amides is 1. The highest BCUT2D eigenvalue weighted by Crippen LogP contribution is 2.46. The summed E-state index contributed by atoms with van der Waals surface area (Å²) in [6, 6.07) is 0.0410. The van der Waals surface area contributed by atoms with E-state index in [4.69, 9.17) is 5.11 Å². The fraction of sp³-hybridized carbons (Fsp3) is 0.800. The molecule has 4 nitrogen and oxygen atoms in total. The predicted molar refractivity (Wildman–Crippen MR) is 59.9 cm³/mol. The molecule has 0 saturated heterocycles. The Kier molecular flexibility index (Phi) is 4.02. The largest absolute Gasteiger partial charge is 0.480 e. The molecular formula is C10H17NO3S. The molecule has 1 aliphatic rings. The van der Waals surface area contributed by atoms with Crippen LogP contribution in [0.2, 0.25) is 0 Å². The Morgan fingerprint density at radius 3 is 2.53 bits per heavy atom. The van der Waals surface area contributed by atoms with Gasteiger partial charge in [-0.1, -0.05) is 6.92 Å². The molecule has 0 aromatic carbocycles. The summed E-state index contributed by atoms with van der Waals surface area (Å²) in [4.78, 5) is 22.5. The van der Waals surface area contributed by atoms with Crippen LogP contribution in [-0.2, 0) is 9.59 Å². The van der Waals surface area contributed by atoms with Crippen molar-refractivity contribution < 1.29 is 14.7 Å². The van der Waals surface area contributed by atoms with Gasteiger partial charge in [-0.2, -0.15) is 11.8 Å². The quantitative estimate of drug-likeness (QED) is 0.672. The zero-order valence-corrected chi connectivity index (χ0v) is 9.89. The minimum absolute atomic E-state index is 0.0410. The van der Waals surface area contributed by atoms with E-state index in [-0.39, 0.29) is 11.9 Å². The van der Waals surface area contributed by atoms with Crippen LogP contribution in [0.4, 0.5) is 0 Å². The first-order valence-electron chi connectivity index (χ1n) is 5.15. The summed E-state index contributed by atoms with van der Waals surface area (Å²) < 4.78 is 0. The van der Waals surface area contributed by atoms with Crippen molar-refractivity contribution in [1.29, 1.82) is 0 Å². The van der Waals surface area contributed by atoms with E-state index in [1.54, 1.807) is 11.8 Å². The molecule has 0 radical (unpaired) electrons. The molecule has 5 heteroatoms. The van der Waals surface area contributed by atoms with Gasteiger partial charge in [0.1, 0.15) is 5.41 Å². The maximum atomic E-state index is 11.6. The van der Waals surface area contributed by atoms with Crippen molar-refractivity contribution in [3.05, 3.63) is 0 Å². The van der Waals surface area contributed by atoms with E-state index in [2.05, 4.69) is 12.2 Å². The Hall–Kier alpha value is -0.710. The SMILES string of the molecule is CCSCC(C)NC(=O)C1(C(=O)O)CC1. The topological polar surface area (TPSA) is 66.4 Å². The first-order valence-corrected chi connectivity index (χ1v) is 6.30. The number of hydrogen-bond acceptors (Lipinski definition) is 3. The summed E-state index contributed by atoms with van der Waals surface area (Å²) in [6.07, 6.45) is 0.948. The smallest absolute Gasteiger partial charge is 0.319 e. The molecule has 0 aromatic rings. The van der Waals surface area contributed by atoms with Crippen molar-refractivity contribution in [2.24, 2.45) is 5.41 Å². The number of carboxylic acids is 1. The van der Waals surface area contributed by atoms with Gasteiger partial charge < -0.3 is 10.4 Å². The second-order valence-electron chi connectivity index (χ2n) is 3.92. The molecule has 15 heavy (non-hydrogen) atoms. The lowest BCUT2D eigenvalue weighted by Gasteiger charge is -2.16. The van der Waals surface area contributed by atoms with Crippen LogP contribution in [0.25, 0.3) is 0 Å². The Bertz CT molecular complexity index is 263. The molecule has 1 aliphatic carbocycles. The van der Waals surface area contributed by atoms with Gasteiger partial charge in [0.05, 0.1) is 0 Å². The van der Waals surface area contributed by atoms with Crippen LogP contribution in [0.15, 0.2) is 0 Å². The molecular weight excluding hydrogens is 214 g/mol. The molecule has 1 saturated carbocycles. The average molecular weight is 231 g/mol. The molecule has 1 fully saturated rings. The molecule has 1 rings (SSSR count). The fourth-order valence-electron chi connectivity index (χ4n) is 1.36. The lowest BCUT2D eigenvalue weighted by molar-refractivity contribution is -0.149. The van der Waals surface area contributed by atoms with Gasteiger partial charge in [-0.3, -0.25) is 9.59 Å². The lowest BCUT2D eigenvalue weighted by Crippen LogP contribution is -2.42. The van der Waals surface area contributed by atoms with Crippen molar-refractivity contribution in [1.82, 2.24) is 5.32 Å². The summed E-state index contributed by atoms with van der Waals surface area (Å²) in [5.41, 5.74) is -1.11. The van der Waals surface area contributed by atoms with Crippen LogP contribution in [0.1, 0.15) is 26.7 Å². The summed E-state index contributed by atoms with van der Waals surface area (Å²) >= 11 is 1.74. The van der Waals surface area contributed by atoms with Crippen LogP contribution in [-0.4, -0.2) is 34.5 Å². The Labute approximate surface area is 93.8 Å². The zero-order valence-electron chi connectivity index (χ0n) is 9.08. The van der Waals surface area contributed by atoms with E-state index in [9.17, 15) is 9.59 Å². The van der Waals surface area contributed by atoms with Gasteiger partial charge in [-0.15, -0.1) is 0 Å². The van der Waals surface area contributed by atoms with Crippen molar-refractivity contribution in [2.75, 3.05) is 11.5 Å². The molecule has 1 amide bonds. The van der Waals surface area contributed by atoms with Crippen molar-refractivity contribution >= 4 is 23.6 Å². The van der Waals surface area contributed by atoms with Crippen molar-refractivity contribution in [3.8, 4) is 0 Å². The summed E-state index contributed by atoms with van der Waals surface area (Å²) in [5.74, 6) is 0.525. The van der Waals surface area contributed by atoms with E-state index in [0.29, 0.717) is 12.8 Å². The fourth-order valence-corrected chi connectivity index (χ4v) is 2.03. The van der Waals surface area contributed by atoms with Crippen LogP contribution in [0, 0.1) is 5.41 Å².